The van der Waals surface area contributed by atoms with Crippen LogP contribution in [0, 0.1) is 29.6 Å². The fourth-order valence-electron chi connectivity index (χ4n) is 1.64. The minimum Gasteiger partial charge on any atom is -0.350 e. The van der Waals surface area contributed by atoms with E-state index in [-0.39, 0.29) is 0 Å². The molecule has 0 radical (unpaired) electrons. The Kier molecular flexibility index (Phi) is 3.70. The average Bonchev–Trinajstić information content (AvgIpc) is 2.44. The van der Waals surface area contributed by atoms with Crippen LogP contribution in [-0.4, -0.2) is 9.97 Å². The zero-order valence-electron chi connectivity index (χ0n) is 10.4. The van der Waals surface area contributed by atoms with E-state index in [1.165, 1.54) is 0 Å². The van der Waals surface area contributed by atoms with E-state index in [4.69, 9.17) is 10.5 Å². The zero-order chi connectivity index (χ0) is 13.7. The zero-order valence-corrected chi connectivity index (χ0v) is 10.4. The van der Waals surface area contributed by atoms with Crippen LogP contribution in [0.5, 0.6) is 0 Å². The highest BCUT2D eigenvalue weighted by Crippen LogP contribution is 2.08. The van der Waals surface area contributed by atoms with Gasteiger partial charge in [0, 0.05) is 12.2 Å². The third-order valence-electron chi connectivity index (χ3n) is 2.48. The standard InChI is InChI=1S/C14H11N5/c1-10-5-13(8-16)19-14(18-10)17-9-12-4-2-3-11(6-12)7-15/h2-6H,9H2,1H3,(H,17,18,19). The number of hydrogen-bond acceptors (Lipinski definition) is 5. The molecule has 0 fully saturated rings. The van der Waals surface area contributed by atoms with Gasteiger partial charge in [-0.2, -0.15) is 10.5 Å². The number of nitrogens with zero attached hydrogens (tertiary/aromatic N) is 4. The van der Waals surface area contributed by atoms with Crippen LogP contribution in [0.2, 0.25) is 0 Å². The Balaban J connectivity index is 2.12. The minimum absolute atomic E-state index is 0.334. The summed E-state index contributed by atoms with van der Waals surface area (Å²) < 4.78 is 0. The summed E-state index contributed by atoms with van der Waals surface area (Å²) >= 11 is 0. The topological polar surface area (TPSA) is 85.4 Å². The van der Waals surface area contributed by atoms with Crippen molar-refractivity contribution in [3.05, 3.63) is 52.8 Å². The molecule has 5 nitrogen and oxygen atoms in total. The second kappa shape index (κ2) is 5.61. The van der Waals surface area contributed by atoms with Crippen LogP contribution >= 0.6 is 0 Å². The third-order valence-corrected chi connectivity index (χ3v) is 2.48. The largest absolute Gasteiger partial charge is 0.350 e. The highest BCUT2D eigenvalue weighted by Gasteiger charge is 2.02. The van der Waals surface area contributed by atoms with Gasteiger partial charge >= 0.3 is 0 Å². The lowest BCUT2D eigenvalue weighted by molar-refractivity contribution is 1.02. The molecule has 1 heterocycles. The number of nitrogens with one attached hydrogen (secondary N) is 1. The van der Waals surface area contributed by atoms with Gasteiger partial charge in [-0.1, -0.05) is 12.1 Å². The van der Waals surface area contributed by atoms with Crippen LogP contribution in [-0.2, 0) is 6.54 Å². The highest BCUT2D eigenvalue weighted by atomic mass is 15.1. The van der Waals surface area contributed by atoms with Crippen molar-refractivity contribution in [1.82, 2.24) is 9.97 Å². The summed E-state index contributed by atoms with van der Waals surface area (Å²) in [5, 5.41) is 20.7. The first kappa shape index (κ1) is 12.5. The van der Waals surface area contributed by atoms with E-state index in [9.17, 15) is 0 Å². The molecule has 1 aromatic heterocycles. The fraction of sp³-hybridized carbons (Fsp3) is 0.143. The lowest BCUT2D eigenvalue weighted by Crippen LogP contribution is -2.05. The van der Waals surface area contributed by atoms with Gasteiger partial charge in [-0.3, -0.25) is 0 Å². The molecule has 0 saturated carbocycles. The maximum absolute atomic E-state index is 8.84. The summed E-state index contributed by atoms with van der Waals surface area (Å²) in [7, 11) is 0. The Labute approximate surface area is 111 Å². The van der Waals surface area contributed by atoms with Crippen molar-refractivity contribution in [3.8, 4) is 12.1 Å². The lowest BCUT2D eigenvalue weighted by Gasteiger charge is -2.06. The summed E-state index contributed by atoms with van der Waals surface area (Å²) in [5.74, 6) is 0.416. The molecule has 2 rings (SSSR count). The molecule has 0 unspecified atom stereocenters. The van der Waals surface area contributed by atoms with Crippen LogP contribution in [0.4, 0.5) is 5.95 Å². The first-order valence-corrected chi connectivity index (χ1v) is 5.70. The number of nitriles is 2. The van der Waals surface area contributed by atoms with Gasteiger partial charge in [0.2, 0.25) is 5.95 Å². The first-order valence-electron chi connectivity index (χ1n) is 5.70. The second-order valence-corrected chi connectivity index (χ2v) is 4.00. The Bertz CT molecular complexity index is 679. The van der Waals surface area contributed by atoms with E-state index in [0.717, 1.165) is 11.3 Å². The molecule has 92 valence electrons. The molecule has 1 aromatic carbocycles. The van der Waals surface area contributed by atoms with Gasteiger partial charge in [-0.25, -0.2) is 9.97 Å². The number of aromatic nitrogens is 2. The predicted octanol–water partition coefficient (Wildman–Crippen LogP) is 2.14. The van der Waals surface area contributed by atoms with Gasteiger partial charge < -0.3 is 5.32 Å². The van der Waals surface area contributed by atoms with Crippen LogP contribution in [0.1, 0.15) is 22.5 Å². The van der Waals surface area contributed by atoms with Gasteiger partial charge in [-0.15, -0.1) is 0 Å². The molecule has 0 amide bonds. The van der Waals surface area contributed by atoms with E-state index >= 15 is 0 Å². The predicted molar refractivity (Wildman–Crippen MR) is 70.0 cm³/mol. The molecule has 5 heteroatoms. The maximum Gasteiger partial charge on any atom is 0.224 e. The lowest BCUT2D eigenvalue weighted by atomic mass is 10.1. The summed E-state index contributed by atoms with van der Waals surface area (Å²) in [6, 6.07) is 13.0. The maximum atomic E-state index is 8.84. The molecule has 0 aliphatic heterocycles. The Morgan fingerprint density at radius 3 is 2.74 bits per heavy atom. The Morgan fingerprint density at radius 1 is 1.16 bits per heavy atom. The fourth-order valence-corrected chi connectivity index (χ4v) is 1.64. The minimum atomic E-state index is 0.334. The van der Waals surface area contributed by atoms with E-state index in [2.05, 4.69) is 21.4 Å². The van der Waals surface area contributed by atoms with Crippen LogP contribution in [0.15, 0.2) is 30.3 Å². The van der Waals surface area contributed by atoms with Crippen molar-refractivity contribution in [3.63, 3.8) is 0 Å². The number of rotatable bonds is 3. The van der Waals surface area contributed by atoms with Gasteiger partial charge in [0.05, 0.1) is 11.6 Å². The summed E-state index contributed by atoms with van der Waals surface area (Å²) in [6.45, 7) is 2.31. The number of hydrogen-bond donors (Lipinski definition) is 1. The molecule has 0 aliphatic carbocycles. The second-order valence-electron chi connectivity index (χ2n) is 4.00. The number of aryl methyl sites for hydroxylation is 1. The smallest absolute Gasteiger partial charge is 0.224 e. The normalized spacial score (nSPS) is 9.42. The van der Waals surface area contributed by atoms with Gasteiger partial charge in [0.25, 0.3) is 0 Å². The van der Waals surface area contributed by atoms with Crippen molar-refractivity contribution in [2.45, 2.75) is 13.5 Å². The van der Waals surface area contributed by atoms with Crippen molar-refractivity contribution < 1.29 is 0 Å². The van der Waals surface area contributed by atoms with Crippen LogP contribution < -0.4 is 5.32 Å². The molecule has 2 aromatic rings. The molecule has 0 saturated heterocycles. The van der Waals surface area contributed by atoms with E-state index in [1.54, 1.807) is 18.2 Å². The molecule has 19 heavy (non-hydrogen) atoms. The molecule has 0 aliphatic rings. The van der Waals surface area contributed by atoms with E-state index < -0.39 is 0 Å². The van der Waals surface area contributed by atoms with Crippen molar-refractivity contribution >= 4 is 5.95 Å². The summed E-state index contributed by atoms with van der Waals surface area (Å²) in [5.41, 5.74) is 2.64. The molecule has 0 atom stereocenters. The van der Waals surface area contributed by atoms with Crippen LogP contribution in [0.25, 0.3) is 0 Å². The molecule has 0 spiro atoms. The Hall–Kier alpha value is -2.92. The summed E-state index contributed by atoms with van der Waals surface area (Å²) in [4.78, 5) is 8.26. The molecular formula is C14H11N5. The van der Waals surface area contributed by atoms with E-state index in [0.29, 0.717) is 23.8 Å². The van der Waals surface area contributed by atoms with Crippen molar-refractivity contribution in [1.29, 1.82) is 10.5 Å². The third kappa shape index (κ3) is 3.27. The molecular weight excluding hydrogens is 238 g/mol. The molecule has 1 N–H and O–H groups in total. The van der Waals surface area contributed by atoms with E-state index in [1.807, 2.05) is 25.1 Å². The Morgan fingerprint density at radius 2 is 2.00 bits per heavy atom. The highest BCUT2D eigenvalue weighted by molar-refractivity contribution is 5.37. The van der Waals surface area contributed by atoms with Crippen LogP contribution in [0.3, 0.4) is 0 Å². The number of benzene rings is 1. The molecule has 0 bridgehead atoms. The number of anilines is 1. The van der Waals surface area contributed by atoms with Crippen molar-refractivity contribution in [2.24, 2.45) is 0 Å². The quantitative estimate of drug-likeness (QED) is 0.900. The summed E-state index contributed by atoms with van der Waals surface area (Å²) in [6.07, 6.45) is 0. The van der Waals surface area contributed by atoms with Crippen molar-refractivity contribution in [2.75, 3.05) is 5.32 Å². The first-order chi connectivity index (χ1) is 9.21. The SMILES string of the molecule is Cc1cc(C#N)nc(NCc2cccc(C#N)c2)n1. The van der Waals surface area contributed by atoms with Gasteiger partial charge in [0.15, 0.2) is 0 Å². The van der Waals surface area contributed by atoms with Gasteiger partial charge in [-0.05, 0) is 30.7 Å². The monoisotopic (exact) mass is 249 g/mol. The van der Waals surface area contributed by atoms with Gasteiger partial charge in [0.1, 0.15) is 11.8 Å². The average molecular weight is 249 g/mol.